The second-order valence-corrected chi connectivity index (χ2v) is 6.45. The van der Waals surface area contributed by atoms with Gasteiger partial charge in [0.25, 0.3) is 0 Å². The van der Waals surface area contributed by atoms with Crippen molar-refractivity contribution in [2.45, 2.75) is 27.2 Å². The van der Waals surface area contributed by atoms with Gasteiger partial charge in [-0.2, -0.15) is 0 Å². The van der Waals surface area contributed by atoms with Crippen LogP contribution in [0.15, 0.2) is 53.5 Å². The number of nitrogens with zero attached hydrogens (tertiary/aromatic N) is 2. The lowest BCUT2D eigenvalue weighted by Gasteiger charge is -2.10. The largest absolute Gasteiger partial charge is 0.318 e. The first-order chi connectivity index (χ1) is 12.0. The Morgan fingerprint density at radius 2 is 1.80 bits per heavy atom. The molecule has 3 aromatic rings. The van der Waals surface area contributed by atoms with Crippen molar-refractivity contribution in [3.8, 4) is 5.69 Å². The Labute approximate surface area is 152 Å². The molecule has 0 aliphatic rings. The number of halogens is 2. The number of aryl methyl sites for hydroxylation is 2. The smallest absolute Gasteiger partial charge is 0.141 e. The summed E-state index contributed by atoms with van der Waals surface area (Å²) in [5, 5.41) is 0.0798. The zero-order valence-corrected chi connectivity index (χ0v) is 15.3. The van der Waals surface area contributed by atoms with Crippen molar-refractivity contribution in [1.29, 1.82) is 0 Å². The fraction of sp³-hybridized carbons (Fsp3) is 0.190. The van der Waals surface area contributed by atoms with E-state index in [0.717, 1.165) is 29.1 Å². The SMILES string of the molecule is CCc1ccc(-n2c(C)cc(C=Nc3ccc(F)c(Cl)c3)c2C)cc1. The van der Waals surface area contributed by atoms with Crippen molar-refractivity contribution in [2.24, 2.45) is 4.99 Å². The first-order valence-electron chi connectivity index (χ1n) is 8.27. The van der Waals surface area contributed by atoms with Gasteiger partial charge in [0, 0.05) is 28.9 Å². The molecule has 0 atom stereocenters. The van der Waals surface area contributed by atoms with Crippen LogP contribution in [0.2, 0.25) is 5.02 Å². The Morgan fingerprint density at radius 3 is 2.44 bits per heavy atom. The maximum Gasteiger partial charge on any atom is 0.141 e. The van der Waals surface area contributed by atoms with Gasteiger partial charge in [-0.05, 0) is 62.2 Å². The number of aromatic nitrogens is 1. The highest BCUT2D eigenvalue weighted by atomic mass is 35.5. The minimum atomic E-state index is -0.436. The number of rotatable bonds is 4. The van der Waals surface area contributed by atoms with E-state index in [2.05, 4.69) is 60.7 Å². The van der Waals surface area contributed by atoms with Crippen molar-refractivity contribution >= 4 is 23.5 Å². The summed E-state index contributed by atoms with van der Waals surface area (Å²) in [6.07, 6.45) is 2.82. The molecule has 0 fully saturated rings. The summed E-state index contributed by atoms with van der Waals surface area (Å²) in [7, 11) is 0. The third-order valence-corrected chi connectivity index (χ3v) is 4.62. The molecule has 0 spiro atoms. The second-order valence-electron chi connectivity index (χ2n) is 6.04. The Hall–Kier alpha value is -2.39. The summed E-state index contributed by atoms with van der Waals surface area (Å²) in [5.74, 6) is -0.436. The van der Waals surface area contributed by atoms with Gasteiger partial charge in [0.05, 0.1) is 10.7 Å². The summed E-state index contributed by atoms with van der Waals surface area (Å²) in [5.41, 5.74) is 6.36. The van der Waals surface area contributed by atoms with Crippen LogP contribution in [0.1, 0.15) is 29.4 Å². The molecule has 2 nitrogen and oxygen atoms in total. The Bertz CT molecular complexity index is 924. The second kappa shape index (κ2) is 7.24. The van der Waals surface area contributed by atoms with Gasteiger partial charge >= 0.3 is 0 Å². The molecule has 0 aliphatic heterocycles. The number of hydrogen-bond donors (Lipinski definition) is 0. The Balaban J connectivity index is 1.93. The average molecular weight is 355 g/mol. The molecule has 0 N–H and O–H groups in total. The van der Waals surface area contributed by atoms with E-state index in [9.17, 15) is 4.39 Å². The molecule has 1 aromatic heterocycles. The van der Waals surface area contributed by atoms with Gasteiger partial charge in [0.15, 0.2) is 0 Å². The van der Waals surface area contributed by atoms with Crippen molar-refractivity contribution in [2.75, 3.05) is 0 Å². The van der Waals surface area contributed by atoms with Crippen LogP contribution in [0.3, 0.4) is 0 Å². The lowest BCUT2D eigenvalue weighted by molar-refractivity contribution is 0.628. The molecule has 0 saturated carbocycles. The van der Waals surface area contributed by atoms with Crippen LogP contribution in [0.4, 0.5) is 10.1 Å². The zero-order valence-electron chi connectivity index (χ0n) is 14.6. The van der Waals surface area contributed by atoms with E-state index in [4.69, 9.17) is 11.6 Å². The third-order valence-electron chi connectivity index (χ3n) is 4.33. The Kier molecular flexibility index (Phi) is 5.05. The number of aliphatic imine (C=N–C) groups is 1. The molecule has 128 valence electrons. The van der Waals surface area contributed by atoms with Crippen LogP contribution < -0.4 is 0 Å². The van der Waals surface area contributed by atoms with Gasteiger partial charge in [-0.3, -0.25) is 4.99 Å². The highest BCUT2D eigenvalue weighted by molar-refractivity contribution is 6.31. The normalized spacial score (nSPS) is 11.4. The first-order valence-corrected chi connectivity index (χ1v) is 8.64. The number of hydrogen-bond acceptors (Lipinski definition) is 1. The maximum absolute atomic E-state index is 13.2. The zero-order chi connectivity index (χ0) is 18.0. The van der Waals surface area contributed by atoms with Gasteiger partial charge in [-0.25, -0.2) is 4.39 Å². The molecule has 4 heteroatoms. The molecule has 0 amide bonds. The molecule has 0 unspecified atom stereocenters. The van der Waals surface area contributed by atoms with Gasteiger partial charge < -0.3 is 4.57 Å². The van der Waals surface area contributed by atoms with Crippen LogP contribution in [0, 0.1) is 19.7 Å². The van der Waals surface area contributed by atoms with Crippen molar-refractivity contribution in [1.82, 2.24) is 4.57 Å². The number of benzene rings is 2. The van der Waals surface area contributed by atoms with E-state index in [-0.39, 0.29) is 5.02 Å². The molecule has 1 heterocycles. The van der Waals surface area contributed by atoms with Gasteiger partial charge in [-0.15, -0.1) is 0 Å². The first kappa shape index (κ1) is 17.4. The summed E-state index contributed by atoms with van der Waals surface area (Å²) in [4.78, 5) is 4.43. The van der Waals surface area contributed by atoms with Crippen LogP contribution in [0.25, 0.3) is 5.69 Å². The standard InChI is InChI=1S/C21H20ClFN2/c1-4-16-5-8-19(9-6-16)25-14(2)11-17(15(25)3)13-24-18-7-10-21(23)20(22)12-18/h5-13H,4H2,1-3H3. The van der Waals surface area contributed by atoms with Crippen LogP contribution in [-0.4, -0.2) is 10.8 Å². The summed E-state index contributed by atoms with van der Waals surface area (Å²) in [6.45, 7) is 6.30. The summed E-state index contributed by atoms with van der Waals surface area (Å²) in [6, 6.07) is 15.1. The van der Waals surface area contributed by atoms with Crippen LogP contribution in [0.5, 0.6) is 0 Å². The molecule has 25 heavy (non-hydrogen) atoms. The molecule has 0 radical (unpaired) electrons. The van der Waals surface area contributed by atoms with Gasteiger partial charge in [0.1, 0.15) is 5.82 Å². The van der Waals surface area contributed by atoms with E-state index in [1.807, 2.05) is 0 Å². The summed E-state index contributed by atoms with van der Waals surface area (Å²) >= 11 is 5.81. The lowest BCUT2D eigenvalue weighted by atomic mass is 10.1. The summed E-state index contributed by atoms with van der Waals surface area (Å²) < 4.78 is 15.4. The Morgan fingerprint density at radius 1 is 1.08 bits per heavy atom. The van der Waals surface area contributed by atoms with Crippen molar-refractivity contribution < 1.29 is 4.39 Å². The highest BCUT2D eigenvalue weighted by Gasteiger charge is 2.09. The van der Waals surface area contributed by atoms with Crippen LogP contribution in [-0.2, 0) is 6.42 Å². The third kappa shape index (κ3) is 3.67. The van der Waals surface area contributed by atoms with Crippen molar-refractivity contribution in [3.05, 3.63) is 81.9 Å². The maximum atomic E-state index is 13.2. The fourth-order valence-electron chi connectivity index (χ4n) is 2.91. The average Bonchev–Trinajstić information content (AvgIpc) is 2.90. The molecule has 0 aliphatic carbocycles. The van der Waals surface area contributed by atoms with E-state index in [1.165, 1.54) is 17.7 Å². The highest BCUT2D eigenvalue weighted by Crippen LogP contribution is 2.23. The molecule has 0 bridgehead atoms. The molecule has 3 rings (SSSR count). The fourth-order valence-corrected chi connectivity index (χ4v) is 3.08. The molecule has 2 aromatic carbocycles. The van der Waals surface area contributed by atoms with E-state index in [1.54, 1.807) is 12.3 Å². The molecule has 0 saturated heterocycles. The van der Waals surface area contributed by atoms with Crippen molar-refractivity contribution in [3.63, 3.8) is 0 Å². The predicted octanol–water partition coefficient (Wildman–Crippen LogP) is 6.20. The lowest BCUT2D eigenvalue weighted by Crippen LogP contribution is -1.99. The minimum Gasteiger partial charge on any atom is -0.318 e. The van der Waals surface area contributed by atoms with E-state index in [0.29, 0.717) is 5.69 Å². The monoisotopic (exact) mass is 354 g/mol. The van der Waals surface area contributed by atoms with E-state index >= 15 is 0 Å². The quantitative estimate of drug-likeness (QED) is 0.496. The minimum absolute atomic E-state index is 0.0798. The molecular weight excluding hydrogens is 335 g/mol. The topological polar surface area (TPSA) is 17.3 Å². The van der Waals surface area contributed by atoms with Gasteiger partial charge in [0.2, 0.25) is 0 Å². The van der Waals surface area contributed by atoms with Crippen LogP contribution >= 0.6 is 11.6 Å². The van der Waals surface area contributed by atoms with Gasteiger partial charge in [-0.1, -0.05) is 30.7 Å². The predicted molar refractivity (Wildman–Crippen MR) is 103 cm³/mol. The van der Waals surface area contributed by atoms with E-state index < -0.39 is 5.82 Å². The molecular formula is C21H20ClFN2.